The van der Waals surface area contributed by atoms with E-state index in [0.717, 1.165) is 18.4 Å². The molecule has 5 heteroatoms. The second-order valence-electron chi connectivity index (χ2n) is 3.60. The molecule has 0 fully saturated rings. The number of aryl methyl sites for hydroxylation is 1. The van der Waals surface area contributed by atoms with Crippen molar-refractivity contribution in [1.29, 1.82) is 0 Å². The molecule has 0 aliphatic carbocycles. The minimum Gasteiger partial charge on any atom is -0.192 e. The van der Waals surface area contributed by atoms with Crippen LogP contribution < -0.4 is 5.48 Å². The quantitative estimate of drug-likeness (QED) is 0.613. The Morgan fingerprint density at radius 2 is 1.88 bits per heavy atom. The second kappa shape index (κ2) is 5.98. The first-order valence-corrected chi connectivity index (χ1v) is 6.70. The van der Waals surface area contributed by atoms with E-state index in [4.69, 9.17) is 0 Å². The molecule has 0 radical (unpaired) electrons. The van der Waals surface area contributed by atoms with Gasteiger partial charge in [-0.25, -0.2) is 0 Å². The maximum atomic E-state index is 11.6. The van der Waals surface area contributed by atoms with Gasteiger partial charge in [0.05, 0.1) is 4.90 Å². The van der Waals surface area contributed by atoms with Gasteiger partial charge in [0.2, 0.25) is 0 Å². The van der Waals surface area contributed by atoms with Gasteiger partial charge < -0.3 is 0 Å². The van der Waals surface area contributed by atoms with Crippen molar-refractivity contribution in [3.63, 3.8) is 0 Å². The second-order valence-corrected chi connectivity index (χ2v) is 5.14. The molecule has 1 rings (SSSR count). The van der Waals surface area contributed by atoms with Crippen LogP contribution in [0.2, 0.25) is 0 Å². The van der Waals surface area contributed by atoms with Gasteiger partial charge in [-0.3, -0.25) is 0 Å². The van der Waals surface area contributed by atoms with Crippen molar-refractivity contribution in [3.8, 4) is 0 Å². The predicted molar refractivity (Wildman–Crippen MR) is 62.4 cm³/mol. The summed E-state index contributed by atoms with van der Waals surface area (Å²) in [6.45, 7) is 4.45. The van der Waals surface area contributed by atoms with Crippen LogP contribution in [-0.4, -0.2) is 15.0 Å². The van der Waals surface area contributed by atoms with Gasteiger partial charge in [-0.05, 0) is 25.5 Å². The van der Waals surface area contributed by atoms with Gasteiger partial charge in [0, 0.05) is 6.54 Å². The van der Waals surface area contributed by atoms with Crippen molar-refractivity contribution in [2.24, 2.45) is 0 Å². The zero-order valence-corrected chi connectivity index (χ0v) is 10.4. The monoisotopic (exact) mass is 243 g/mol. The molecule has 0 amide bonds. The SMILES string of the molecule is CCCCNOS(=O)(=O)c1ccc(C)cc1. The number of hydroxylamine groups is 1. The first-order valence-electron chi connectivity index (χ1n) is 5.29. The fraction of sp³-hybridized carbons (Fsp3) is 0.455. The highest BCUT2D eigenvalue weighted by Gasteiger charge is 2.14. The van der Waals surface area contributed by atoms with Gasteiger partial charge in [0.1, 0.15) is 0 Å². The topological polar surface area (TPSA) is 55.4 Å². The maximum Gasteiger partial charge on any atom is 0.312 e. The fourth-order valence-electron chi connectivity index (χ4n) is 1.12. The average molecular weight is 243 g/mol. The third kappa shape index (κ3) is 3.92. The van der Waals surface area contributed by atoms with E-state index in [9.17, 15) is 8.42 Å². The zero-order valence-electron chi connectivity index (χ0n) is 9.56. The van der Waals surface area contributed by atoms with Crippen molar-refractivity contribution in [3.05, 3.63) is 29.8 Å². The Labute approximate surface area is 96.7 Å². The third-order valence-electron chi connectivity index (χ3n) is 2.11. The minimum absolute atomic E-state index is 0.169. The lowest BCUT2D eigenvalue weighted by atomic mass is 10.2. The van der Waals surface area contributed by atoms with E-state index >= 15 is 0 Å². The first kappa shape index (κ1) is 13.2. The molecule has 1 aromatic carbocycles. The Kier molecular flexibility index (Phi) is 4.92. The molecule has 4 nitrogen and oxygen atoms in total. The van der Waals surface area contributed by atoms with Gasteiger partial charge in [-0.2, -0.15) is 18.2 Å². The van der Waals surface area contributed by atoms with Crippen molar-refractivity contribution in [2.75, 3.05) is 6.54 Å². The van der Waals surface area contributed by atoms with Crippen LogP contribution in [0.3, 0.4) is 0 Å². The summed E-state index contributed by atoms with van der Waals surface area (Å²) in [5.74, 6) is 0. The molecule has 0 heterocycles. The lowest BCUT2D eigenvalue weighted by Gasteiger charge is -2.06. The Hall–Kier alpha value is -0.910. The summed E-state index contributed by atoms with van der Waals surface area (Å²) in [5.41, 5.74) is 3.46. The third-order valence-corrected chi connectivity index (χ3v) is 3.30. The van der Waals surface area contributed by atoms with Gasteiger partial charge >= 0.3 is 10.1 Å². The standard InChI is InChI=1S/C11H17NO3S/c1-3-4-9-12-15-16(13,14)11-7-5-10(2)6-8-11/h5-8,12H,3-4,9H2,1-2H3. The van der Waals surface area contributed by atoms with E-state index in [1.54, 1.807) is 12.1 Å². The fourth-order valence-corrected chi connectivity index (χ4v) is 1.93. The zero-order chi connectivity index (χ0) is 12.0. The molecule has 1 aromatic rings. The summed E-state index contributed by atoms with van der Waals surface area (Å²) in [6, 6.07) is 6.54. The molecule has 0 unspecified atom stereocenters. The molecular weight excluding hydrogens is 226 g/mol. The molecule has 90 valence electrons. The number of hydrogen-bond acceptors (Lipinski definition) is 4. The van der Waals surface area contributed by atoms with Crippen LogP contribution in [0.4, 0.5) is 0 Å². The van der Waals surface area contributed by atoms with Crippen LogP contribution in [-0.2, 0) is 14.4 Å². The molecule has 0 spiro atoms. The maximum absolute atomic E-state index is 11.6. The van der Waals surface area contributed by atoms with Crippen molar-refractivity contribution in [2.45, 2.75) is 31.6 Å². The van der Waals surface area contributed by atoms with Crippen molar-refractivity contribution >= 4 is 10.1 Å². The summed E-state index contributed by atoms with van der Waals surface area (Å²) in [7, 11) is -3.67. The smallest absolute Gasteiger partial charge is 0.192 e. The molecule has 0 bridgehead atoms. The predicted octanol–water partition coefficient (Wildman–Crippen LogP) is 2.01. The molecular formula is C11H17NO3S. The first-order chi connectivity index (χ1) is 7.56. The molecule has 0 aromatic heterocycles. The summed E-state index contributed by atoms with van der Waals surface area (Å²) in [6.07, 6.45) is 1.87. The Morgan fingerprint density at radius 3 is 2.44 bits per heavy atom. The summed E-state index contributed by atoms with van der Waals surface area (Å²) in [4.78, 5) is 0.169. The highest BCUT2D eigenvalue weighted by molar-refractivity contribution is 7.86. The number of benzene rings is 1. The number of nitrogens with one attached hydrogen (secondary N) is 1. The highest BCUT2D eigenvalue weighted by atomic mass is 32.2. The summed E-state index contributed by atoms with van der Waals surface area (Å²) < 4.78 is 27.9. The van der Waals surface area contributed by atoms with E-state index in [1.807, 2.05) is 13.8 Å². The molecule has 0 aliphatic heterocycles. The summed E-state index contributed by atoms with van der Waals surface area (Å²) >= 11 is 0. The number of hydrogen-bond donors (Lipinski definition) is 1. The van der Waals surface area contributed by atoms with Crippen LogP contribution in [0.1, 0.15) is 25.3 Å². The van der Waals surface area contributed by atoms with E-state index in [2.05, 4.69) is 9.76 Å². The largest absolute Gasteiger partial charge is 0.312 e. The van der Waals surface area contributed by atoms with Gasteiger partial charge in [-0.1, -0.05) is 31.0 Å². The van der Waals surface area contributed by atoms with Crippen LogP contribution in [0.15, 0.2) is 29.2 Å². The Bertz CT molecular complexity index is 411. The lowest BCUT2D eigenvalue weighted by molar-refractivity contribution is 0.202. The van der Waals surface area contributed by atoms with E-state index in [1.165, 1.54) is 12.1 Å². The molecule has 0 saturated carbocycles. The molecule has 1 N–H and O–H groups in total. The average Bonchev–Trinajstić information content (AvgIpc) is 2.25. The molecule has 0 saturated heterocycles. The molecule has 0 atom stereocenters. The minimum atomic E-state index is -3.67. The van der Waals surface area contributed by atoms with Crippen molar-refractivity contribution < 1.29 is 12.7 Å². The Balaban J connectivity index is 2.60. The van der Waals surface area contributed by atoms with Crippen LogP contribution in [0.25, 0.3) is 0 Å². The van der Waals surface area contributed by atoms with Crippen molar-refractivity contribution in [1.82, 2.24) is 5.48 Å². The number of rotatable bonds is 6. The van der Waals surface area contributed by atoms with Crippen LogP contribution >= 0.6 is 0 Å². The van der Waals surface area contributed by atoms with Gasteiger partial charge in [0.15, 0.2) is 0 Å². The normalized spacial score (nSPS) is 11.6. The summed E-state index contributed by atoms with van der Waals surface area (Å²) in [5, 5.41) is 0. The van der Waals surface area contributed by atoms with E-state index in [0.29, 0.717) is 6.54 Å². The van der Waals surface area contributed by atoms with Crippen LogP contribution in [0, 0.1) is 6.92 Å². The molecule has 16 heavy (non-hydrogen) atoms. The number of unbranched alkanes of at least 4 members (excludes halogenated alkanes) is 1. The van der Waals surface area contributed by atoms with E-state index in [-0.39, 0.29) is 4.90 Å². The highest BCUT2D eigenvalue weighted by Crippen LogP contribution is 2.11. The Morgan fingerprint density at radius 1 is 1.25 bits per heavy atom. The van der Waals surface area contributed by atoms with Gasteiger partial charge in [0.25, 0.3) is 0 Å². The van der Waals surface area contributed by atoms with Crippen LogP contribution in [0.5, 0.6) is 0 Å². The van der Waals surface area contributed by atoms with E-state index < -0.39 is 10.1 Å². The van der Waals surface area contributed by atoms with Gasteiger partial charge in [-0.15, -0.1) is 0 Å². The molecule has 0 aliphatic rings. The lowest BCUT2D eigenvalue weighted by Crippen LogP contribution is -2.21.